The molecule has 0 atom stereocenters. The highest BCUT2D eigenvalue weighted by atomic mass is 19.4. The molecule has 1 saturated heterocycles. The lowest BCUT2D eigenvalue weighted by Gasteiger charge is -2.33. The molecule has 2 fully saturated rings. The van der Waals surface area contributed by atoms with E-state index in [1.165, 1.54) is 0 Å². The first-order chi connectivity index (χ1) is 11.4. The molecule has 8 heteroatoms. The van der Waals surface area contributed by atoms with E-state index < -0.39 is 12.1 Å². The van der Waals surface area contributed by atoms with Crippen LogP contribution in [0.1, 0.15) is 38.5 Å². The first-order valence-corrected chi connectivity index (χ1v) is 8.57. The summed E-state index contributed by atoms with van der Waals surface area (Å²) in [5.41, 5.74) is 5.90. The molecule has 0 spiro atoms. The van der Waals surface area contributed by atoms with E-state index in [4.69, 9.17) is 5.73 Å². The number of nitrogens with two attached hydrogens (primary N) is 1. The Balaban J connectivity index is 1.52. The third-order valence-corrected chi connectivity index (χ3v) is 5.04. The third kappa shape index (κ3) is 4.28. The Morgan fingerprint density at radius 3 is 2.21 bits per heavy atom. The molecule has 0 unspecified atom stereocenters. The van der Waals surface area contributed by atoms with Gasteiger partial charge in [-0.2, -0.15) is 13.2 Å². The van der Waals surface area contributed by atoms with E-state index in [-0.39, 0.29) is 12.8 Å². The van der Waals surface area contributed by atoms with E-state index in [0.29, 0.717) is 36.8 Å². The van der Waals surface area contributed by atoms with Crippen LogP contribution in [-0.2, 0) is 0 Å². The topological polar surface area (TPSA) is 67.1 Å². The van der Waals surface area contributed by atoms with Gasteiger partial charge in [-0.15, -0.1) is 0 Å². The summed E-state index contributed by atoms with van der Waals surface area (Å²) < 4.78 is 38.1. The van der Waals surface area contributed by atoms with Crippen LogP contribution in [0.25, 0.3) is 0 Å². The summed E-state index contributed by atoms with van der Waals surface area (Å²) in [6.07, 6.45) is 3.53. The SMILES string of the molecule is NC1CCC(Nc2cnc(N3CCC(C(F)(F)F)CC3)cn2)CC1. The van der Waals surface area contributed by atoms with Crippen LogP contribution in [-0.4, -0.2) is 41.3 Å². The molecular formula is C16H24F3N5. The van der Waals surface area contributed by atoms with Crippen molar-refractivity contribution in [3.8, 4) is 0 Å². The molecule has 1 aromatic rings. The largest absolute Gasteiger partial charge is 0.391 e. The number of nitrogens with zero attached hydrogens (tertiary/aromatic N) is 3. The quantitative estimate of drug-likeness (QED) is 0.883. The molecule has 1 saturated carbocycles. The first kappa shape index (κ1) is 17.3. The molecule has 2 aliphatic rings. The van der Waals surface area contributed by atoms with Gasteiger partial charge < -0.3 is 16.0 Å². The zero-order chi connectivity index (χ0) is 17.2. The maximum Gasteiger partial charge on any atom is 0.391 e. The second kappa shape index (κ2) is 7.13. The summed E-state index contributed by atoms with van der Waals surface area (Å²) in [6.45, 7) is 0.734. The van der Waals surface area contributed by atoms with Crippen LogP contribution in [0.2, 0.25) is 0 Å². The number of piperidine rings is 1. The smallest absolute Gasteiger partial charge is 0.366 e. The van der Waals surface area contributed by atoms with Gasteiger partial charge in [0.15, 0.2) is 0 Å². The van der Waals surface area contributed by atoms with E-state index in [0.717, 1.165) is 25.7 Å². The monoisotopic (exact) mass is 343 g/mol. The van der Waals surface area contributed by atoms with Gasteiger partial charge in [-0.05, 0) is 38.5 Å². The summed E-state index contributed by atoms with van der Waals surface area (Å²) in [6, 6.07) is 0.670. The van der Waals surface area contributed by atoms with E-state index >= 15 is 0 Å². The van der Waals surface area contributed by atoms with Crippen LogP contribution in [0.5, 0.6) is 0 Å². The Kier molecular flexibility index (Phi) is 5.12. The summed E-state index contributed by atoms with van der Waals surface area (Å²) in [5.74, 6) is 0.163. The van der Waals surface area contributed by atoms with E-state index in [1.54, 1.807) is 12.4 Å². The molecule has 5 nitrogen and oxygen atoms in total. The van der Waals surface area contributed by atoms with Crippen molar-refractivity contribution in [2.24, 2.45) is 11.7 Å². The van der Waals surface area contributed by atoms with Crippen LogP contribution in [0.3, 0.4) is 0 Å². The normalized spacial score (nSPS) is 26.4. The molecule has 0 radical (unpaired) electrons. The summed E-state index contributed by atoms with van der Waals surface area (Å²) >= 11 is 0. The zero-order valence-corrected chi connectivity index (χ0v) is 13.6. The van der Waals surface area contributed by atoms with Gasteiger partial charge >= 0.3 is 6.18 Å². The van der Waals surface area contributed by atoms with Gasteiger partial charge in [-0.1, -0.05) is 0 Å². The predicted octanol–water partition coefficient (Wildman–Crippen LogP) is 2.94. The summed E-state index contributed by atoms with van der Waals surface area (Å²) in [5, 5.41) is 3.36. The van der Waals surface area contributed by atoms with Gasteiger partial charge in [-0.3, -0.25) is 0 Å². The lowest BCUT2D eigenvalue weighted by Crippen LogP contribution is -2.39. The second-order valence-corrected chi connectivity index (χ2v) is 6.82. The van der Waals surface area contributed by atoms with Gasteiger partial charge in [0.25, 0.3) is 0 Å². The van der Waals surface area contributed by atoms with Gasteiger partial charge in [0.2, 0.25) is 0 Å². The van der Waals surface area contributed by atoms with Crippen molar-refractivity contribution >= 4 is 11.6 Å². The van der Waals surface area contributed by atoms with Crippen LogP contribution in [0.15, 0.2) is 12.4 Å². The lowest BCUT2D eigenvalue weighted by molar-refractivity contribution is -0.179. The number of alkyl halides is 3. The highest BCUT2D eigenvalue weighted by Gasteiger charge is 2.41. The minimum absolute atomic E-state index is 0.119. The Bertz CT molecular complexity index is 518. The highest BCUT2D eigenvalue weighted by Crippen LogP contribution is 2.35. The fraction of sp³-hybridized carbons (Fsp3) is 0.750. The van der Waals surface area contributed by atoms with Crippen molar-refractivity contribution in [3.05, 3.63) is 12.4 Å². The molecule has 134 valence electrons. The molecule has 3 N–H and O–H groups in total. The molecular weight excluding hydrogens is 319 g/mol. The van der Waals surface area contributed by atoms with Crippen molar-refractivity contribution < 1.29 is 13.2 Å². The van der Waals surface area contributed by atoms with Crippen molar-refractivity contribution in [1.29, 1.82) is 0 Å². The predicted molar refractivity (Wildman–Crippen MR) is 86.9 cm³/mol. The van der Waals surface area contributed by atoms with E-state index in [2.05, 4.69) is 15.3 Å². The minimum Gasteiger partial charge on any atom is -0.366 e. The average molecular weight is 343 g/mol. The Hall–Kier alpha value is -1.57. The van der Waals surface area contributed by atoms with Gasteiger partial charge in [0.05, 0.1) is 18.3 Å². The Morgan fingerprint density at radius 2 is 1.67 bits per heavy atom. The maximum atomic E-state index is 12.7. The molecule has 2 heterocycles. The number of halogens is 3. The van der Waals surface area contributed by atoms with E-state index in [9.17, 15) is 13.2 Å². The van der Waals surface area contributed by atoms with Crippen LogP contribution in [0, 0.1) is 5.92 Å². The molecule has 3 rings (SSSR count). The molecule has 1 aromatic heterocycles. The highest BCUT2D eigenvalue weighted by molar-refractivity contribution is 5.42. The summed E-state index contributed by atoms with van der Waals surface area (Å²) in [7, 11) is 0. The third-order valence-electron chi connectivity index (χ3n) is 5.04. The van der Waals surface area contributed by atoms with Crippen molar-refractivity contribution in [2.75, 3.05) is 23.3 Å². The summed E-state index contributed by atoms with van der Waals surface area (Å²) in [4.78, 5) is 10.6. The fourth-order valence-electron chi connectivity index (χ4n) is 3.47. The molecule has 0 amide bonds. The van der Waals surface area contributed by atoms with Crippen LogP contribution < -0.4 is 16.0 Å². The van der Waals surface area contributed by atoms with Crippen LogP contribution in [0.4, 0.5) is 24.8 Å². The number of hydrogen-bond acceptors (Lipinski definition) is 5. The molecule has 1 aliphatic heterocycles. The Labute approximate surface area is 139 Å². The maximum absolute atomic E-state index is 12.7. The van der Waals surface area contributed by atoms with Crippen molar-refractivity contribution in [2.45, 2.75) is 56.8 Å². The van der Waals surface area contributed by atoms with Crippen molar-refractivity contribution in [3.63, 3.8) is 0 Å². The first-order valence-electron chi connectivity index (χ1n) is 8.57. The second-order valence-electron chi connectivity index (χ2n) is 6.82. The van der Waals surface area contributed by atoms with Gasteiger partial charge in [0, 0.05) is 25.2 Å². The number of hydrogen-bond donors (Lipinski definition) is 2. The lowest BCUT2D eigenvalue weighted by atomic mass is 9.92. The van der Waals surface area contributed by atoms with Gasteiger partial charge in [-0.25, -0.2) is 9.97 Å². The number of aromatic nitrogens is 2. The molecule has 0 aromatic carbocycles. The standard InChI is InChI=1S/C16H24F3N5/c17-16(18,19)11-5-7-24(8-6-11)15-10-21-14(9-22-15)23-13-3-1-12(20)2-4-13/h9-13H,1-8,20H2,(H,21,23). The Morgan fingerprint density at radius 1 is 1.00 bits per heavy atom. The number of rotatable bonds is 3. The van der Waals surface area contributed by atoms with Crippen molar-refractivity contribution in [1.82, 2.24) is 9.97 Å². The fourth-order valence-corrected chi connectivity index (χ4v) is 3.47. The molecule has 1 aliphatic carbocycles. The number of nitrogens with one attached hydrogen (secondary N) is 1. The van der Waals surface area contributed by atoms with Crippen LogP contribution >= 0.6 is 0 Å². The van der Waals surface area contributed by atoms with E-state index in [1.807, 2.05) is 4.90 Å². The van der Waals surface area contributed by atoms with Gasteiger partial charge in [0.1, 0.15) is 11.6 Å². The molecule has 24 heavy (non-hydrogen) atoms. The minimum atomic E-state index is -4.09. The number of anilines is 2. The molecule has 0 bridgehead atoms. The zero-order valence-electron chi connectivity index (χ0n) is 13.6. The average Bonchev–Trinajstić information content (AvgIpc) is 2.57.